The van der Waals surface area contributed by atoms with E-state index in [4.69, 9.17) is 14.2 Å². The van der Waals surface area contributed by atoms with Crippen LogP contribution in [0.5, 0.6) is 0 Å². The maximum Gasteiger partial charge on any atom is 0.330 e. The first kappa shape index (κ1) is 23.3. The minimum absolute atomic E-state index is 0.0436. The number of esters is 2. The SMILES string of the molecule is C=CC(=O)OCC(O)COCC(C)OC(C)(C)C(O)COC(=O)C=C. The molecule has 3 unspecified atom stereocenters. The quantitative estimate of drug-likeness (QED) is 0.358. The Bertz CT molecular complexity index is 446. The smallest absolute Gasteiger partial charge is 0.330 e. The van der Waals surface area contributed by atoms with Crippen LogP contribution in [-0.4, -0.2) is 72.5 Å². The Morgan fingerprint density at radius 2 is 1.52 bits per heavy atom. The lowest BCUT2D eigenvalue weighted by Gasteiger charge is -2.33. The molecule has 0 rings (SSSR count). The first-order chi connectivity index (χ1) is 11.6. The Morgan fingerprint density at radius 3 is 2.04 bits per heavy atom. The van der Waals surface area contributed by atoms with Gasteiger partial charge in [-0.05, 0) is 20.8 Å². The first-order valence-electron chi connectivity index (χ1n) is 7.82. The maximum atomic E-state index is 11.0. The van der Waals surface area contributed by atoms with Crippen molar-refractivity contribution in [3.05, 3.63) is 25.3 Å². The molecular formula is C17H28O8. The standard InChI is InChI=1S/C17H28O8/c1-6-15(20)23-10-13(18)9-22-8-12(3)25-17(4,5)14(19)11-24-16(21)7-2/h6-7,12-14,18-19H,1-2,8-11H2,3-5H3. The number of aliphatic hydroxyl groups excluding tert-OH is 2. The number of carbonyl (C=O) groups excluding carboxylic acids is 2. The van der Waals surface area contributed by atoms with E-state index < -0.39 is 35.9 Å². The molecule has 0 heterocycles. The van der Waals surface area contributed by atoms with Crippen LogP contribution < -0.4 is 0 Å². The van der Waals surface area contributed by atoms with Crippen molar-refractivity contribution in [2.24, 2.45) is 0 Å². The minimum Gasteiger partial charge on any atom is -0.460 e. The van der Waals surface area contributed by atoms with Gasteiger partial charge in [0.15, 0.2) is 0 Å². The van der Waals surface area contributed by atoms with E-state index in [-0.39, 0.29) is 26.4 Å². The Balaban J connectivity index is 4.11. The van der Waals surface area contributed by atoms with Gasteiger partial charge in [0, 0.05) is 12.2 Å². The van der Waals surface area contributed by atoms with Crippen LogP contribution in [0.3, 0.4) is 0 Å². The van der Waals surface area contributed by atoms with Gasteiger partial charge in [0.1, 0.15) is 25.4 Å². The fourth-order valence-corrected chi connectivity index (χ4v) is 1.71. The van der Waals surface area contributed by atoms with Crippen molar-refractivity contribution in [2.75, 3.05) is 26.4 Å². The number of rotatable bonds is 13. The number of hydrogen-bond donors (Lipinski definition) is 2. The Hall–Kier alpha value is -1.74. The summed E-state index contributed by atoms with van der Waals surface area (Å²) >= 11 is 0. The molecule has 8 heteroatoms. The summed E-state index contributed by atoms with van der Waals surface area (Å²) in [6.45, 7) is 11.2. The monoisotopic (exact) mass is 360 g/mol. The van der Waals surface area contributed by atoms with Gasteiger partial charge in [0.2, 0.25) is 0 Å². The van der Waals surface area contributed by atoms with Gasteiger partial charge in [-0.15, -0.1) is 0 Å². The molecular weight excluding hydrogens is 332 g/mol. The largest absolute Gasteiger partial charge is 0.460 e. The minimum atomic E-state index is -1.04. The number of hydrogen-bond acceptors (Lipinski definition) is 8. The normalized spacial score (nSPS) is 14.9. The van der Waals surface area contributed by atoms with Crippen molar-refractivity contribution in [3.63, 3.8) is 0 Å². The van der Waals surface area contributed by atoms with Crippen LogP contribution in [-0.2, 0) is 28.5 Å². The molecule has 0 spiro atoms. The topological polar surface area (TPSA) is 112 Å². The molecule has 0 bridgehead atoms. The molecule has 0 saturated heterocycles. The van der Waals surface area contributed by atoms with Crippen LogP contribution in [0.4, 0.5) is 0 Å². The second kappa shape index (κ2) is 11.8. The molecule has 0 aromatic carbocycles. The molecule has 0 aromatic heterocycles. The van der Waals surface area contributed by atoms with Gasteiger partial charge in [0.25, 0.3) is 0 Å². The third-order valence-electron chi connectivity index (χ3n) is 3.10. The molecule has 0 fully saturated rings. The second-order valence-corrected chi connectivity index (χ2v) is 5.91. The molecule has 0 amide bonds. The average Bonchev–Trinajstić information content (AvgIpc) is 2.56. The number of aliphatic hydroxyl groups is 2. The van der Waals surface area contributed by atoms with Crippen molar-refractivity contribution in [2.45, 2.75) is 44.7 Å². The van der Waals surface area contributed by atoms with Crippen molar-refractivity contribution < 1.29 is 38.7 Å². The van der Waals surface area contributed by atoms with Crippen LogP contribution >= 0.6 is 0 Å². The fraction of sp³-hybridized carbons (Fsp3) is 0.647. The third-order valence-corrected chi connectivity index (χ3v) is 3.10. The van der Waals surface area contributed by atoms with Crippen LogP contribution in [0.15, 0.2) is 25.3 Å². The van der Waals surface area contributed by atoms with E-state index in [0.717, 1.165) is 12.2 Å². The molecule has 0 aromatic rings. The molecule has 0 aliphatic carbocycles. The van der Waals surface area contributed by atoms with E-state index in [2.05, 4.69) is 17.9 Å². The highest BCUT2D eigenvalue weighted by molar-refractivity contribution is 5.81. The van der Waals surface area contributed by atoms with Gasteiger partial charge in [-0.3, -0.25) is 0 Å². The maximum absolute atomic E-state index is 11.0. The highest BCUT2D eigenvalue weighted by atomic mass is 16.6. The number of ether oxygens (including phenoxy) is 4. The summed E-state index contributed by atoms with van der Waals surface area (Å²) in [7, 11) is 0. The summed E-state index contributed by atoms with van der Waals surface area (Å²) in [4.78, 5) is 21.9. The van der Waals surface area contributed by atoms with E-state index in [1.54, 1.807) is 20.8 Å². The molecule has 0 aliphatic heterocycles. The van der Waals surface area contributed by atoms with Gasteiger partial charge in [-0.25, -0.2) is 9.59 Å². The molecule has 8 nitrogen and oxygen atoms in total. The van der Waals surface area contributed by atoms with Crippen molar-refractivity contribution in [3.8, 4) is 0 Å². The zero-order valence-electron chi connectivity index (χ0n) is 15.0. The zero-order chi connectivity index (χ0) is 19.5. The second-order valence-electron chi connectivity index (χ2n) is 5.91. The van der Waals surface area contributed by atoms with E-state index in [1.807, 2.05) is 0 Å². The van der Waals surface area contributed by atoms with E-state index in [9.17, 15) is 19.8 Å². The molecule has 2 N–H and O–H groups in total. The molecule has 144 valence electrons. The van der Waals surface area contributed by atoms with Crippen LogP contribution in [0.1, 0.15) is 20.8 Å². The van der Waals surface area contributed by atoms with Crippen molar-refractivity contribution in [1.29, 1.82) is 0 Å². The molecule has 25 heavy (non-hydrogen) atoms. The predicted molar refractivity (Wildman–Crippen MR) is 89.8 cm³/mol. The van der Waals surface area contributed by atoms with Gasteiger partial charge in [-0.1, -0.05) is 13.2 Å². The van der Waals surface area contributed by atoms with Crippen LogP contribution in [0.2, 0.25) is 0 Å². The summed E-state index contributed by atoms with van der Waals surface area (Å²) in [5.41, 5.74) is -0.984. The van der Waals surface area contributed by atoms with E-state index >= 15 is 0 Å². The molecule has 3 atom stereocenters. The van der Waals surface area contributed by atoms with Gasteiger partial charge < -0.3 is 29.2 Å². The van der Waals surface area contributed by atoms with Crippen molar-refractivity contribution in [1.82, 2.24) is 0 Å². The third kappa shape index (κ3) is 10.7. The first-order valence-corrected chi connectivity index (χ1v) is 7.82. The van der Waals surface area contributed by atoms with Crippen LogP contribution in [0.25, 0.3) is 0 Å². The summed E-state index contributed by atoms with van der Waals surface area (Å²) in [6.07, 6.45) is -0.392. The van der Waals surface area contributed by atoms with Crippen molar-refractivity contribution >= 4 is 11.9 Å². The average molecular weight is 360 g/mol. The highest BCUT2D eigenvalue weighted by Gasteiger charge is 2.31. The summed E-state index contributed by atoms with van der Waals surface area (Å²) in [5, 5.41) is 19.7. The Kier molecular flexibility index (Phi) is 10.9. The molecule has 0 radical (unpaired) electrons. The Labute approximate surface area is 148 Å². The lowest BCUT2D eigenvalue weighted by Crippen LogP contribution is -2.45. The lowest BCUT2D eigenvalue weighted by molar-refractivity contribution is -0.169. The van der Waals surface area contributed by atoms with Crippen LogP contribution in [0, 0.1) is 0 Å². The molecule has 0 saturated carbocycles. The lowest BCUT2D eigenvalue weighted by atomic mass is 10.0. The molecule has 0 aliphatic rings. The predicted octanol–water partition coefficient (Wildman–Crippen LogP) is 0.367. The Morgan fingerprint density at radius 1 is 1.00 bits per heavy atom. The highest BCUT2D eigenvalue weighted by Crippen LogP contribution is 2.18. The number of carbonyl (C=O) groups is 2. The van der Waals surface area contributed by atoms with Gasteiger partial charge >= 0.3 is 11.9 Å². The van der Waals surface area contributed by atoms with E-state index in [0.29, 0.717) is 0 Å². The fourth-order valence-electron chi connectivity index (χ4n) is 1.71. The van der Waals surface area contributed by atoms with E-state index in [1.165, 1.54) is 0 Å². The summed E-state index contributed by atoms with van der Waals surface area (Å²) < 4.78 is 20.4. The zero-order valence-corrected chi connectivity index (χ0v) is 15.0. The summed E-state index contributed by atoms with van der Waals surface area (Å²) in [5.74, 6) is -1.25. The summed E-state index contributed by atoms with van der Waals surface area (Å²) in [6, 6.07) is 0. The van der Waals surface area contributed by atoms with Gasteiger partial charge in [0.05, 0.1) is 24.9 Å². The van der Waals surface area contributed by atoms with Gasteiger partial charge in [-0.2, -0.15) is 0 Å².